The predicted octanol–water partition coefficient (Wildman–Crippen LogP) is 2.40. The minimum Gasteiger partial charge on any atom is -0.484 e. The molecule has 1 amide bonds. The van der Waals surface area contributed by atoms with Crippen LogP contribution in [0.1, 0.15) is 12.5 Å². The van der Waals surface area contributed by atoms with Gasteiger partial charge in [-0.1, -0.05) is 35.0 Å². The highest BCUT2D eigenvalue weighted by atomic mass is 79.9. The van der Waals surface area contributed by atoms with Crippen molar-refractivity contribution in [3.63, 3.8) is 0 Å². The summed E-state index contributed by atoms with van der Waals surface area (Å²) in [5.41, 5.74) is 3.15. The fraction of sp³-hybridized carbons (Fsp3) is 0.188. The first-order chi connectivity index (χ1) is 11.4. The van der Waals surface area contributed by atoms with Crippen molar-refractivity contribution in [3.8, 4) is 5.75 Å². The van der Waals surface area contributed by atoms with E-state index in [0.717, 1.165) is 16.5 Å². The third-order valence-electron chi connectivity index (χ3n) is 3.15. The maximum atomic E-state index is 12.1. The van der Waals surface area contributed by atoms with E-state index in [4.69, 9.17) is 4.74 Å². The van der Waals surface area contributed by atoms with Gasteiger partial charge in [-0.3, -0.25) is 10.2 Å². The topological polar surface area (TPSA) is 84.5 Å². The summed E-state index contributed by atoms with van der Waals surface area (Å²) >= 11 is 3.29. The summed E-state index contributed by atoms with van der Waals surface area (Å²) in [6.45, 7) is 1.67. The number of hydrogen-bond donors (Lipinski definition) is 2. The normalized spacial score (nSPS) is 11.1. The van der Waals surface area contributed by atoms with Crippen LogP contribution in [0.15, 0.2) is 57.9 Å². The maximum absolute atomic E-state index is 12.1. The van der Waals surface area contributed by atoms with Crippen LogP contribution >= 0.6 is 15.9 Å². The average Bonchev–Trinajstić information content (AvgIpc) is 2.59. The quantitative estimate of drug-likeness (QED) is 0.683. The number of aryl methyl sites for hydroxylation is 1. The molecule has 0 unspecified atom stereocenters. The number of carbonyl (C=O) groups excluding carboxylic acids is 1. The van der Waals surface area contributed by atoms with Crippen molar-refractivity contribution in [1.82, 2.24) is 10.3 Å². The molecule has 0 radical (unpaired) electrons. The summed E-state index contributed by atoms with van der Waals surface area (Å²) < 4.78 is 30.3. The highest BCUT2D eigenvalue weighted by Gasteiger charge is 2.15. The zero-order chi connectivity index (χ0) is 17.6. The van der Waals surface area contributed by atoms with Crippen molar-refractivity contribution in [2.24, 2.45) is 0 Å². The number of nitrogens with one attached hydrogen (secondary N) is 2. The Balaban J connectivity index is 1.86. The maximum Gasteiger partial charge on any atom is 0.272 e. The molecule has 0 saturated carbocycles. The number of ether oxygens (including phenoxy) is 1. The summed E-state index contributed by atoms with van der Waals surface area (Å²) in [6.07, 6.45) is 0.817. The van der Waals surface area contributed by atoms with Gasteiger partial charge in [0.15, 0.2) is 6.61 Å². The Kier molecular flexibility index (Phi) is 6.36. The van der Waals surface area contributed by atoms with Crippen LogP contribution < -0.4 is 15.0 Å². The van der Waals surface area contributed by atoms with Gasteiger partial charge in [-0.05, 0) is 48.4 Å². The van der Waals surface area contributed by atoms with Crippen molar-refractivity contribution in [2.45, 2.75) is 18.2 Å². The SMILES string of the molecule is CCc1ccc(S(=O)(=O)NNC(=O)COc2ccc(Br)cc2)cc1. The van der Waals surface area contributed by atoms with Gasteiger partial charge >= 0.3 is 0 Å². The van der Waals surface area contributed by atoms with E-state index in [2.05, 4.69) is 21.4 Å². The first-order valence-corrected chi connectivity index (χ1v) is 9.46. The van der Waals surface area contributed by atoms with Crippen LogP contribution in [-0.4, -0.2) is 20.9 Å². The molecule has 2 aromatic rings. The molecule has 0 bridgehead atoms. The Hall–Kier alpha value is -1.90. The second kappa shape index (κ2) is 8.27. The highest BCUT2D eigenvalue weighted by molar-refractivity contribution is 9.10. The van der Waals surface area contributed by atoms with Crippen molar-refractivity contribution >= 4 is 31.9 Å². The first-order valence-electron chi connectivity index (χ1n) is 7.18. The van der Waals surface area contributed by atoms with E-state index in [9.17, 15) is 13.2 Å². The van der Waals surface area contributed by atoms with Gasteiger partial charge in [-0.2, -0.15) is 0 Å². The summed E-state index contributed by atoms with van der Waals surface area (Å²) in [5, 5.41) is 0. The second-order valence-corrected chi connectivity index (χ2v) is 7.49. The van der Waals surface area contributed by atoms with E-state index < -0.39 is 15.9 Å². The predicted molar refractivity (Wildman–Crippen MR) is 93.9 cm³/mol. The number of rotatable bonds is 7. The van der Waals surface area contributed by atoms with Gasteiger partial charge in [-0.15, -0.1) is 4.83 Å². The van der Waals surface area contributed by atoms with E-state index in [0.29, 0.717) is 5.75 Å². The van der Waals surface area contributed by atoms with E-state index >= 15 is 0 Å². The Morgan fingerprint density at radius 2 is 1.71 bits per heavy atom. The lowest BCUT2D eigenvalue weighted by Crippen LogP contribution is -2.43. The van der Waals surface area contributed by atoms with Crippen LogP contribution in [0, 0.1) is 0 Å². The monoisotopic (exact) mass is 412 g/mol. The Morgan fingerprint density at radius 1 is 1.08 bits per heavy atom. The van der Waals surface area contributed by atoms with Gasteiger partial charge in [0.25, 0.3) is 15.9 Å². The van der Waals surface area contributed by atoms with Crippen LogP contribution in [0.5, 0.6) is 5.75 Å². The van der Waals surface area contributed by atoms with Crippen LogP contribution in [0.25, 0.3) is 0 Å². The lowest BCUT2D eigenvalue weighted by molar-refractivity contribution is -0.123. The Bertz CT molecular complexity index is 790. The second-order valence-electron chi connectivity index (χ2n) is 4.89. The van der Waals surface area contributed by atoms with Gasteiger partial charge in [0.05, 0.1) is 4.90 Å². The molecule has 0 aliphatic carbocycles. The molecule has 0 aliphatic rings. The standard InChI is InChI=1S/C16H17BrN2O4S/c1-2-12-3-9-15(10-4-12)24(21,22)19-18-16(20)11-23-14-7-5-13(17)6-8-14/h3-10,19H,2,11H2,1H3,(H,18,20). The molecule has 6 nitrogen and oxygen atoms in total. The van der Waals surface area contributed by atoms with Crippen molar-refractivity contribution < 1.29 is 17.9 Å². The van der Waals surface area contributed by atoms with Crippen molar-refractivity contribution in [2.75, 3.05) is 6.61 Å². The number of sulfonamides is 1. The molecular weight excluding hydrogens is 396 g/mol. The van der Waals surface area contributed by atoms with Crippen LogP contribution in [0.4, 0.5) is 0 Å². The third kappa shape index (κ3) is 5.33. The molecule has 128 valence electrons. The molecule has 8 heteroatoms. The highest BCUT2D eigenvalue weighted by Crippen LogP contribution is 2.15. The molecule has 0 aliphatic heterocycles. The smallest absolute Gasteiger partial charge is 0.272 e. The molecule has 24 heavy (non-hydrogen) atoms. The fourth-order valence-electron chi connectivity index (χ4n) is 1.80. The molecule has 0 saturated heterocycles. The van der Waals surface area contributed by atoms with Gasteiger partial charge in [0, 0.05) is 4.47 Å². The number of hydrazine groups is 1. The lowest BCUT2D eigenvalue weighted by atomic mass is 10.2. The number of hydrogen-bond acceptors (Lipinski definition) is 4. The average molecular weight is 413 g/mol. The summed E-state index contributed by atoms with van der Waals surface area (Å²) in [6, 6.07) is 13.4. The molecule has 0 atom stereocenters. The number of amides is 1. The summed E-state index contributed by atoms with van der Waals surface area (Å²) in [7, 11) is -3.81. The van der Waals surface area contributed by atoms with Crippen LogP contribution in [0.3, 0.4) is 0 Å². The van der Waals surface area contributed by atoms with Gasteiger partial charge in [0.1, 0.15) is 5.75 Å². The van der Waals surface area contributed by atoms with Gasteiger partial charge in [-0.25, -0.2) is 8.42 Å². The third-order valence-corrected chi connectivity index (χ3v) is 4.94. The minimum absolute atomic E-state index is 0.0776. The number of halogens is 1. The van der Waals surface area contributed by atoms with Crippen LogP contribution in [-0.2, 0) is 21.2 Å². The van der Waals surface area contributed by atoms with E-state index in [-0.39, 0.29) is 11.5 Å². The zero-order valence-electron chi connectivity index (χ0n) is 13.0. The molecule has 2 aromatic carbocycles. The summed E-state index contributed by atoms with van der Waals surface area (Å²) in [5.74, 6) is -0.0990. The molecule has 2 rings (SSSR count). The van der Waals surface area contributed by atoms with Crippen molar-refractivity contribution in [3.05, 3.63) is 58.6 Å². The number of carbonyl (C=O) groups is 1. The lowest BCUT2D eigenvalue weighted by Gasteiger charge is -2.10. The molecule has 0 heterocycles. The number of benzene rings is 2. The Morgan fingerprint density at radius 3 is 2.29 bits per heavy atom. The van der Waals surface area contributed by atoms with E-state index in [1.165, 1.54) is 12.1 Å². The largest absolute Gasteiger partial charge is 0.484 e. The fourth-order valence-corrected chi connectivity index (χ4v) is 2.93. The zero-order valence-corrected chi connectivity index (χ0v) is 15.4. The summed E-state index contributed by atoms with van der Waals surface area (Å²) in [4.78, 5) is 13.8. The molecular formula is C16H17BrN2O4S. The van der Waals surface area contributed by atoms with E-state index in [1.807, 2.05) is 11.8 Å². The van der Waals surface area contributed by atoms with Gasteiger partial charge < -0.3 is 4.74 Å². The Labute approximate surface area is 149 Å². The van der Waals surface area contributed by atoms with Gasteiger partial charge in [0.2, 0.25) is 0 Å². The molecule has 0 aromatic heterocycles. The molecule has 2 N–H and O–H groups in total. The molecule has 0 spiro atoms. The van der Waals surface area contributed by atoms with Crippen LogP contribution in [0.2, 0.25) is 0 Å². The van der Waals surface area contributed by atoms with Crippen molar-refractivity contribution in [1.29, 1.82) is 0 Å². The first kappa shape index (κ1) is 18.4. The minimum atomic E-state index is -3.81. The van der Waals surface area contributed by atoms with E-state index in [1.54, 1.807) is 36.4 Å². The molecule has 0 fully saturated rings.